The van der Waals surface area contributed by atoms with E-state index in [2.05, 4.69) is 15.4 Å². The van der Waals surface area contributed by atoms with Crippen LogP contribution in [-0.2, 0) is 20.5 Å². The lowest BCUT2D eigenvalue weighted by molar-refractivity contribution is -0.384. The molecule has 2 rings (SSSR count). The summed E-state index contributed by atoms with van der Waals surface area (Å²) in [5, 5.41) is 15.1. The molecule has 0 heterocycles. The van der Waals surface area contributed by atoms with Gasteiger partial charge in [0.1, 0.15) is 6.54 Å². The number of nitro benzene ring substituents is 1. The number of alkyl halides is 3. The van der Waals surface area contributed by atoms with Gasteiger partial charge in [0.2, 0.25) is 0 Å². The zero-order valence-electron chi connectivity index (χ0n) is 15.4. The Labute approximate surface area is 177 Å². The smallest absolute Gasteiger partial charge is 0.416 e. The third kappa shape index (κ3) is 6.96. The molecule has 2 amide bonds. The highest BCUT2D eigenvalue weighted by Gasteiger charge is 2.30. The Morgan fingerprint density at radius 2 is 1.74 bits per heavy atom. The molecule has 0 aliphatic rings. The maximum absolute atomic E-state index is 12.5. The summed E-state index contributed by atoms with van der Waals surface area (Å²) in [6, 6.07) is 6.69. The first-order valence-electron chi connectivity index (χ1n) is 8.32. The topological polar surface area (TPSA) is 128 Å². The highest BCUT2D eigenvalue weighted by Crippen LogP contribution is 2.29. The van der Waals surface area contributed by atoms with E-state index in [4.69, 9.17) is 11.6 Å². The summed E-state index contributed by atoms with van der Waals surface area (Å²) in [5.74, 6) is -2.66. The van der Waals surface area contributed by atoms with Crippen molar-refractivity contribution in [2.45, 2.75) is 6.18 Å². The number of carbonyl (C=O) groups excluding carboxylic acids is 3. The van der Waals surface area contributed by atoms with Gasteiger partial charge in [0, 0.05) is 17.7 Å². The number of ether oxygens (including phenoxy) is 1. The fourth-order valence-corrected chi connectivity index (χ4v) is 2.34. The molecule has 0 spiro atoms. The van der Waals surface area contributed by atoms with Gasteiger partial charge in [0.25, 0.3) is 17.5 Å². The highest BCUT2D eigenvalue weighted by atomic mass is 35.5. The van der Waals surface area contributed by atoms with Crippen molar-refractivity contribution >= 4 is 40.8 Å². The number of anilines is 1. The van der Waals surface area contributed by atoms with Gasteiger partial charge in [-0.3, -0.25) is 24.5 Å². The van der Waals surface area contributed by atoms with E-state index in [0.29, 0.717) is 0 Å². The molecule has 0 aliphatic carbocycles. The fourth-order valence-electron chi connectivity index (χ4n) is 2.17. The Morgan fingerprint density at radius 3 is 2.32 bits per heavy atom. The molecule has 31 heavy (non-hydrogen) atoms. The average Bonchev–Trinajstić information content (AvgIpc) is 2.71. The summed E-state index contributed by atoms with van der Waals surface area (Å²) in [5.41, 5.74) is -1.42. The van der Waals surface area contributed by atoms with Crippen LogP contribution >= 0.6 is 11.6 Å². The molecule has 2 N–H and O–H groups in total. The van der Waals surface area contributed by atoms with Crippen LogP contribution in [0.15, 0.2) is 42.5 Å². The molecular weight excluding hydrogens is 447 g/mol. The molecule has 0 aliphatic heterocycles. The first-order chi connectivity index (χ1) is 14.5. The Hall–Kier alpha value is -3.67. The lowest BCUT2D eigenvalue weighted by Gasteiger charge is -2.09. The van der Waals surface area contributed by atoms with Crippen LogP contribution < -0.4 is 10.6 Å². The summed E-state index contributed by atoms with van der Waals surface area (Å²) in [7, 11) is 0. The molecule has 0 bridgehead atoms. The molecule has 0 saturated carbocycles. The zero-order valence-corrected chi connectivity index (χ0v) is 16.1. The molecule has 2 aromatic rings. The average molecular weight is 460 g/mol. The van der Waals surface area contributed by atoms with E-state index in [1.807, 2.05) is 0 Å². The number of nitro groups is 1. The Balaban J connectivity index is 1.81. The van der Waals surface area contributed by atoms with Gasteiger partial charge >= 0.3 is 12.1 Å². The van der Waals surface area contributed by atoms with Gasteiger partial charge in [-0.15, -0.1) is 0 Å². The van der Waals surface area contributed by atoms with E-state index >= 15 is 0 Å². The van der Waals surface area contributed by atoms with Crippen molar-refractivity contribution in [2.75, 3.05) is 18.5 Å². The number of carbonyl (C=O) groups is 3. The molecule has 9 nitrogen and oxygen atoms in total. The van der Waals surface area contributed by atoms with Gasteiger partial charge in [-0.25, -0.2) is 0 Å². The molecule has 0 fully saturated rings. The van der Waals surface area contributed by atoms with Crippen LogP contribution in [0.2, 0.25) is 5.02 Å². The molecule has 164 valence electrons. The van der Waals surface area contributed by atoms with Crippen molar-refractivity contribution in [3.8, 4) is 0 Å². The van der Waals surface area contributed by atoms with Crippen LogP contribution in [0.5, 0.6) is 0 Å². The maximum Gasteiger partial charge on any atom is 0.416 e. The number of nitrogens with zero attached hydrogens (tertiary/aromatic N) is 1. The minimum atomic E-state index is -4.55. The minimum absolute atomic E-state index is 0.0223. The predicted octanol–water partition coefficient (Wildman–Crippen LogP) is 3.18. The van der Waals surface area contributed by atoms with Crippen molar-refractivity contribution in [1.82, 2.24) is 5.32 Å². The van der Waals surface area contributed by atoms with Gasteiger partial charge < -0.3 is 15.4 Å². The van der Waals surface area contributed by atoms with Crippen LogP contribution in [0, 0.1) is 10.1 Å². The van der Waals surface area contributed by atoms with E-state index in [0.717, 1.165) is 36.4 Å². The van der Waals surface area contributed by atoms with E-state index in [1.54, 1.807) is 0 Å². The summed E-state index contributed by atoms with van der Waals surface area (Å²) in [6.45, 7) is -1.42. The largest absolute Gasteiger partial charge is 0.454 e. The van der Waals surface area contributed by atoms with E-state index < -0.39 is 47.6 Å². The molecule has 0 unspecified atom stereocenters. The van der Waals surface area contributed by atoms with E-state index in [9.17, 15) is 37.7 Å². The second-order valence-corrected chi connectivity index (χ2v) is 6.30. The summed E-state index contributed by atoms with van der Waals surface area (Å²) in [6.07, 6.45) is -4.55. The zero-order chi connectivity index (χ0) is 23.2. The molecule has 2 aromatic carbocycles. The SMILES string of the molecule is O=C(COC(=O)CNC(=O)c1ccc(C(F)(F)F)cc1)Nc1cc([N+](=O)[O-])ccc1Cl. The third-order valence-corrected chi connectivity index (χ3v) is 4.00. The number of esters is 1. The monoisotopic (exact) mass is 459 g/mol. The quantitative estimate of drug-likeness (QED) is 0.372. The lowest BCUT2D eigenvalue weighted by atomic mass is 10.1. The number of nitrogens with one attached hydrogen (secondary N) is 2. The maximum atomic E-state index is 12.5. The van der Waals surface area contributed by atoms with Gasteiger partial charge in [-0.2, -0.15) is 13.2 Å². The number of halogens is 4. The van der Waals surface area contributed by atoms with Crippen LogP contribution in [0.4, 0.5) is 24.5 Å². The van der Waals surface area contributed by atoms with Crippen LogP contribution in [-0.4, -0.2) is 35.9 Å². The van der Waals surface area contributed by atoms with Crippen molar-refractivity contribution in [3.05, 3.63) is 68.7 Å². The van der Waals surface area contributed by atoms with E-state index in [-0.39, 0.29) is 22.0 Å². The molecule has 0 radical (unpaired) electrons. The molecule has 0 saturated heterocycles. The predicted molar refractivity (Wildman–Crippen MR) is 101 cm³/mol. The molecule has 0 aromatic heterocycles. The van der Waals surface area contributed by atoms with Crippen molar-refractivity contribution in [2.24, 2.45) is 0 Å². The number of rotatable bonds is 7. The molecule has 13 heteroatoms. The number of amides is 2. The van der Waals surface area contributed by atoms with Crippen molar-refractivity contribution in [1.29, 1.82) is 0 Å². The number of non-ortho nitro benzene ring substituents is 1. The second kappa shape index (κ2) is 9.89. The van der Waals surface area contributed by atoms with Gasteiger partial charge in [0.05, 0.1) is 21.2 Å². The van der Waals surface area contributed by atoms with Crippen molar-refractivity contribution in [3.63, 3.8) is 0 Å². The Bertz CT molecular complexity index is 1010. The summed E-state index contributed by atoms with van der Waals surface area (Å²) < 4.78 is 42.2. The lowest BCUT2D eigenvalue weighted by Crippen LogP contribution is -2.32. The van der Waals surface area contributed by atoms with Crippen LogP contribution in [0.25, 0.3) is 0 Å². The first-order valence-corrected chi connectivity index (χ1v) is 8.70. The van der Waals surface area contributed by atoms with Crippen molar-refractivity contribution < 1.29 is 37.2 Å². The van der Waals surface area contributed by atoms with Crippen LogP contribution in [0.1, 0.15) is 15.9 Å². The number of benzene rings is 2. The van der Waals surface area contributed by atoms with Gasteiger partial charge in [-0.1, -0.05) is 11.6 Å². The first kappa shape index (κ1) is 23.6. The fraction of sp³-hybridized carbons (Fsp3) is 0.167. The summed E-state index contributed by atoms with van der Waals surface area (Å²) in [4.78, 5) is 45.4. The number of hydrogen-bond donors (Lipinski definition) is 2. The van der Waals surface area contributed by atoms with Gasteiger partial charge in [0.15, 0.2) is 6.61 Å². The summed E-state index contributed by atoms with van der Waals surface area (Å²) >= 11 is 5.83. The second-order valence-electron chi connectivity index (χ2n) is 5.89. The molecular formula is C18H13ClF3N3O6. The Morgan fingerprint density at radius 1 is 1.10 bits per heavy atom. The third-order valence-electron chi connectivity index (χ3n) is 3.67. The highest BCUT2D eigenvalue weighted by molar-refractivity contribution is 6.33. The van der Waals surface area contributed by atoms with E-state index in [1.165, 1.54) is 6.07 Å². The van der Waals surface area contributed by atoms with Crippen LogP contribution in [0.3, 0.4) is 0 Å². The molecule has 0 atom stereocenters. The minimum Gasteiger partial charge on any atom is -0.454 e. The van der Waals surface area contributed by atoms with Gasteiger partial charge in [-0.05, 0) is 30.3 Å². The Kier molecular flexibility index (Phi) is 7.53. The number of hydrogen-bond acceptors (Lipinski definition) is 6. The standard InChI is InChI=1S/C18H13ClF3N3O6/c19-13-6-5-12(25(29)30)7-14(13)24-15(26)9-31-16(27)8-23-17(28)10-1-3-11(4-2-10)18(20,21)22/h1-7H,8-9H2,(H,23,28)(H,24,26). The normalized spacial score (nSPS) is 10.8.